The van der Waals surface area contributed by atoms with Crippen LogP contribution in [0.4, 0.5) is 0 Å². The van der Waals surface area contributed by atoms with E-state index in [-0.39, 0.29) is 18.7 Å². The van der Waals surface area contributed by atoms with E-state index in [9.17, 15) is 4.79 Å². The van der Waals surface area contributed by atoms with Crippen LogP contribution >= 0.6 is 0 Å². The van der Waals surface area contributed by atoms with E-state index in [4.69, 9.17) is 18.9 Å². The first kappa shape index (κ1) is 23.0. The van der Waals surface area contributed by atoms with E-state index >= 15 is 0 Å². The first-order valence-corrected chi connectivity index (χ1v) is 14.3. The van der Waals surface area contributed by atoms with Gasteiger partial charge in [0.2, 0.25) is 5.88 Å². The molecule has 0 bridgehead atoms. The van der Waals surface area contributed by atoms with Crippen LogP contribution in [0, 0.1) is 0 Å². The van der Waals surface area contributed by atoms with Gasteiger partial charge in [-0.05, 0) is 29.8 Å². The molecule has 2 aromatic heterocycles. The Kier molecular flexibility index (Phi) is 7.41. The van der Waals surface area contributed by atoms with Crippen molar-refractivity contribution in [1.82, 2.24) is 14.8 Å². The number of fused-ring (bicyclic) bond motifs is 1. The van der Waals surface area contributed by atoms with Crippen LogP contribution < -0.4 is 9.47 Å². The summed E-state index contributed by atoms with van der Waals surface area (Å²) in [6, 6.07) is 12.6. The largest absolute Gasteiger partial charge is 0.486 e. The van der Waals surface area contributed by atoms with Crippen LogP contribution in [0.15, 0.2) is 48.8 Å². The van der Waals surface area contributed by atoms with Gasteiger partial charge in [0, 0.05) is 58.8 Å². The van der Waals surface area contributed by atoms with Gasteiger partial charge in [-0.15, -0.1) is 0 Å². The summed E-state index contributed by atoms with van der Waals surface area (Å²) in [5, 5.41) is 4.36. The Balaban J connectivity index is 1.35. The standard InChI is InChI=1S/C24H29N3O5Si/c1-17(28)30-15-21-12-18-4-6-20(13-23(18)31-21)32-24-7-5-19(14-25-24)22-8-9-26-27(22)16-29-10-11-33(2)3/h4-9,13-14,21,33H,10-12,15-16H2,1-3H3. The summed E-state index contributed by atoms with van der Waals surface area (Å²) in [5.74, 6) is 1.55. The minimum Gasteiger partial charge on any atom is -0.486 e. The minimum atomic E-state index is -0.608. The van der Waals surface area contributed by atoms with Crippen molar-refractivity contribution in [2.75, 3.05) is 13.2 Å². The maximum Gasteiger partial charge on any atom is 0.302 e. The van der Waals surface area contributed by atoms with Gasteiger partial charge >= 0.3 is 5.97 Å². The highest BCUT2D eigenvalue weighted by molar-refractivity contribution is 6.55. The van der Waals surface area contributed by atoms with Crippen LogP contribution in [-0.2, 0) is 27.4 Å². The number of ether oxygens (including phenoxy) is 4. The molecular formula is C24H29N3O5Si. The van der Waals surface area contributed by atoms with E-state index in [1.54, 1.807) is 12.4 Å². The van der Waals surface area contributed by atoms with Gasteiger partial charge in [0.05, 0.1) is 5.69 Å². The molecule has 0 saturated heterocycles. The quantitative estimate of drug-likeness (QED) is 0.252. The maximum atomic E-state index is 11.0. The SMILES string of the molecule is CC(=O)OCC1Cc2ccc(Oc3ccc(-c4ccnn4COCC[SiH](C)C)cn3)cc2O1. The maximum absolute atomic E-state index is 11.0. The average Bonchev–Trinajstić information content (AvgIpc) is 3.42. The summed E-state index contributed by atoms with van der Waals surface area (Å²) < 4.78 is 24.5. The van der Waals surface area contributed by atoms with E-state index in [0.717, 1.165) is 35.2 Å². The van der Waals surface area contributed by atoms with Crippen LogP contribution in [0.25, 0.3) is 11.3 Å². The summed E-state index contributed by atoms with van der Waals surface area (Å²) in [5.41, 5.74) is 2.95. The molecule has 174 valence electrons. The van der Waals surface area contributed by atoms with Crippen molar-refractivity contribution in [1.29, 1.82) is 0 Å². The summed E-state index contributed by atoms with van der Waals surface area (Å²) in [6.07, 6.45) is 4.06. The van der Waals surface area contributed by atoms with Crippen molar-refractivity contribution >= 4 is 14.8 Å². The Morgan fingerprint density at radius 3 is 2.88 bits per heavy atom. The third-order valence-electron chi connectivity index (χ3n) is 5.28. The van der Waals surface area contributed by atoms with E-state index in [0.29, 0.717) is 24.8 Å². The Bertz CT molecular complexity index is 1080. The van der Waals surface area contributed by atoms with Gasteiger partial charge in [-0.2, -0.15) is 5.10 Å². The predicted molar refractivity (Wildman–Crippen MR) is 126 cm³/mol. The van der Waals surface area contributed by atoms with Gasteiger partial charge in [-0.1, -0.05) is 19.2 Å². The zero-order valence-electron chi connectivity index (χ0n) is 19.2. The summed E-state index contributed by atoms with van der Waals surface area (Å²) in [6.45, 7) is 7.46. The molecule has 1 aliphatic rings. The van der Waals surface area contributed by atoms with Crippen LogP contribution in [0.3, 0.4) is 0 Å². The van der Waals surface area contributed by atoms with Gasteiger partial charge in [0.15, 0.2) is 0 Å². The second-order valence-electron chi connectivity index (χ2n) is 8.44. The number of esters is 1. The lowest BCUT2D eigenvalue weighted by Crippen LogP contribution is -2.21. The molecule has 0 radical (unpaired) electrons. The van der Waals surface area contributed by atoms with E-state index < -0.39 is 8.80 Å². The normalized spacial score (nSPS) is 14.7. The summed E-state index contributed by atoms with van der Waals surface area (Å²) in [4.78, 5) is 15.5. The zero-order chi connectivity index (χ0) is 23.2. The molecule has 0 amide bonds. The van der Waals surface area contributed by atoms with Crippen LogP contribution in [0.2, 0.25) is 19.1 Å². The number of rotatable bonds is 10. The average molecular weight is 468 g/mol. The van der Waals surface area contributed by atoms with Crippen molar-refractivity contribution < 1.29 is 23.7 Å². The molecule has 0 spiro atoms. The molecule has 4 rings (SSSR count). The minimum absolute atomic E-state index is 0.169. The lowest BCUT2D eigenvalue weighted by molar-refractivity contribution is -0.143. The van der Waals surface area contributed by atoms with Crippen molar-refractivity contribution in [3.8, 4) is 28.6 Å². The van der Waals surface area contributed by atoms with E-state index in [1.165, 1.54) is 6.92 Å². The molecule has 8 nitrogen and oxygen atoms in total. The number of benzene rings is 1. The van der Waals surface area contributed by atoms with E-state index in [1.807, 2.05) is 41.1 Å². The molecule has 9 heteroatoms. The number of carbonyl (C=O) groups is 1. The molecule has 1 aromatic carbocycles. The fraction of sp³-hybridized carbons (Fsp3) is 0.375. The van der Waals surface area contributed by atoms with Gasteiger partial charge in [0.1, 0.15) is 30.9 Å². The molecule has 0 saturated carbocycles. The first-order chi connectivity index (χ1) is 16.0. The number of aromatic nitrogens is 3. The molecule has 1 atom stereocenters. The molecule has 33 heavy (non-hydrogen) atoms. The van der Waals surface area contributed by atoms with Crippen LogP contribution in [0.1, 0.15) is 12.5 Å². The van der Waals surface area contributed by atoms with Crippen molar-refractivity contribution in [2.45, 2.75) is 45.3 Å². The lowest BCUT2D eigenvalue weighted by Gasteiger charge is -2.11. The summed E-state index contributed by atoms with van der Waals surface area (Å²) >= 11 is 0. The number of carbonyl (C=O) groups excluding carboxylic acids is 1. The number of hydrogen-bond acceptors (Lipinski definition) is 7. The van der Waals surface area contributed by atoms with Crippen molar-refractivity contribution in [2.24, 2.45) is 0 Å². The molecule has 0 fully saturated rings. The van der Waals surface area contributed by atoms with E-state index in [2.05, 4.69) is 23.2 Å². The second kappa shape index (κ2) is 10.6. The lowest BCUT2D eigenvalue weighted by atomic mass is 10.1. The molecule has 3 heterocycles. The van der Waals surface area contributed by atoms with Gasteiger partial charge in [-0.3, -0.25) is 4.79 Å². The Labute approximate surface area is 195 Å². The number of pyridine rings is 1. The molecule has 1 aliphatic heterocycles. The highest BCUT2D eigenvalue weighted by atomic mass is 28.3. The third kappa shape index (κ3) is 6.20. The highest BCUT2D eigenvalue weighted by Gasteiger charge is 2.24. The molecule has 0 aliphatic carbocycles. The van der Waals surface area contributed by atoms with Crippen molar-refractivity contribution in [3.05, 3.63) is 54.4 Å². The van der Waals surface area contributed by atoms with Gasteiger partial charge in [-0.25, -0.2) is 9.67 Å². The molecule has 0 N–H and O–H groups in total. The van der Waals surface area contributed by atoms with Gasteiger partial charge < -0.3 is 18.9 Å². The Morgan fingerprint density at radius 1 is 1.24 bits per heavy atom. The number of nitrogens with zero attached hydrogens (tertiary/aromatic N) is 3. The number of hydrogen-bond donors (Lipinski definition) is 0. The molecule has 3 aromatic rings. The second-order valence-corrected chi connectivity index (χ2v) is 11.8. The fourth-order valence-corrected chi connectivity index (χ4v) is 4.15. The van der Waals surface area contributed by atoms with Crippen LogP contribution in [0.5, 0.6) is 17.4 Å². The Hall–Kier alpha value is -3.17. The van der Waals surface area contributed by atoms with Gasteiger partial charge in [0.25, 0.3) is 0 Å². The fourth-order valence-electron chi connectivity index (χ4n) is 3.51. The van der Waals surface area contributed by atoms with Crippen molar-refractivity contribution in [3.63, 3.8) is 0 Å². The smallest absolute Gasteiger partial charge is 0.302 e. The monoisotopic (exact) mass is 467 g/mol. The summed E-state index contributed by atoms with van der Waals surface area (Å²) in [7, 11) is -0.608. The molecular weight excluding hydrogens is 438 g/mol. The third-order valence-corrected chi connectivity index (χ3v) is 6.67. The Morgan fingerprint density at radius 2 is 2.12 bits per heavy atom. The zero-order valence-corrected chi connectivity index (χ0v) is 20.3. The predicted octanol–water partition coefficient (Wildman–Crippen LogP) is 4.06. The topological polar surface area (TPSA) is 84.7 Å². The molecule has 1 unspecified atom stereocenters. The van der Waals surface area contributed by atoms with Crippen LogP contribution in [-0.4, -0.2) is 48.8 Å². The highest BCUT2D eigenvalue weighted by Crippen LogP contribution is 2.34. The first-order valence-electron chi connectivity index (χ1n) is 11.1.